The zero-order valence-corrected chi connectivity index (χ0v) is 18.5. The molecule has 1 heterocycles. The van der Waals surface area contributed by atoms with Gasteiger partial charge in [0.1, 0.15) is 5.82 Å². The summed E-state index contributed by atoms with van der Waals surface area (Å²) < 4.78 is 0. The molecule has 3 N–H and O–H groups in total. The summed E-state index contributed by atoms with van der Waals surface area (Å²) in [7, 11) is 0. The molecule has 4 rings (SSSR count). The van der Waals surface area contributed by atoms with Gasteiger partial charge in [0, 0.05) is 16.8 Å². The van der Waals surface area contributed by atoms with Crippen molar-refractivity contribution in [3.05, 3.63) is 83.9 Å². The topological polar surface area (TPSA) is 69.8 Å². The number of aromatic nitrogens is 2. The number of para-hydroxylation sites is 2. The van der Waals surface area contributed by atoms with Crippen molar-refractivity contribution >= 4 is 40.0 Å². The van der Waals surface area contributed by atoms with Crippen molar-refractivity contribution in [2.45, 2.75) is 26.2 Å². The van der Waals surface area contributed by atoms with Gasteiger partial charge in [-0.05, 0) is 59.6 Å². The smallest absolute Gasteiger partial charge is 0.257 e. The molecule has 1 aromatic heterocycles. The van der Waals surface area contributed by atoms with Crippen LogP contribution in [-0.2, 0) is 5.41 Å². The van der Waals surface area contributed by atoms with Crippen LogP contribution < -0.4 is 10.6 Å². The number of carbonyl (C=O) groups is 1. The fourth-order valence-electron chi connectivity index (χ4n) is 3.29. The fourth-order valence-corrected chi connectivity index (χ4v) is 3.50. The van der Waals surface area contributed by atoms with Gasteiger partial charge in [0.15, 0.2) is 5.11 Å². The Bertz CT molecular complexity index is 1220. The highest BCUT2D eigenvalue weighted by molar-refractivity contribution is 7.80. The van der Waals surface area contributed by atoms with Gasteiger partial charge in [0.25, 0.3) is 5.91 Å². The molecule has 5 nitrogen and oxygen atoms in total. The molecule has 6 heteroatoms. The normalized spacial score (nSPS) is 11.3. The number of imidazole rings is 1. The summed E-state index contributed by atoms with van der Waals surface area (Å²) in [4.78, 5) is 20.5. The summed E-state index contributed by atoms with van der Waals surface area (Å²) in [6.45, 7) is 6.42. The molecular formula is C25H24N4OS. The van der Waals surface area contributed by atoms with Crippen molar-refractivity contribution in [1.29, 1.82) is 0 Å². The molecule has 0 aliphatic carbocycles. The maximum absolute atomic E-state index is 12.5. The number of nitrogens with one attached hydrogen (secondary N) is 3. The van der Waals surface area contributed by atoms with Crippen LogP contribution in [0.1, 0.15) is 36.7 Å². The molecule has 3 aromatic carbocycles. The number of nitrogens with zero attached hydrogens (tertiary/aromatic N) is 1. The molecule has 4 aromatic rings. The minimum Gasteiger partial charge on any atom is -0.338 e. The second-order valence-corrected chi connectivity index (χ2v) is 8.83. The first-order valence-electron chi connectivity index (χ1n) is 10.1. The molecule has 0 spiro atoms. The van der Waals surface area contributed by atoms with Gasteiger partial charge in [-0.15, -0.1) is 0 Å². The Morgan fingerprint density at radius 1 is 0.968 bits per heavy atom. The van der Waals surface area contributed by atoms with Gasteiger partial charge in [-0.1, -0.05) is 57.2 Å². The zero-order valence-electron chi connectivity index (χ0n) is 17.7. The number of rotatable bonds is 3. The van der Waals surface area contributed by atoms with E-state index >= 15 is 0 Å². The number of H-pyrrole nitrogens is 1. The lowest BCUT2D eigenvalue weighted by molar-refractivity contribution is 0.0977. The maximum Gasteiger partial charge on any atom is 0.257 e. The summed E-state index contributed by atoms with van der Waals surface area (Å²) in [5, 5.41) is 6.06. The van der Waals surface area contributed by atoms with Crippen LogP contribution >= 0.6 is 12.2 Å². The van der Waals surface area contributed by atoms with Crippen LogP contribution in [0.15, 0.2) is 72.8 Å². The van der Waals surface area contributed by atoms with E-state index in [9.17, 15) is 4.79 Å². The molecule has 0 saturated carbocycles. The van der Waals surface area contributed by atoms with Crippen LogP contribution in [-0.4, -0.2) is 21.0 Å². The van der Waals surface area contributed by atoms with Gasteiger partial charge in [0.05, 0.1) is 11.0 Å². The zero-order chi connectivity index (χ0) is 22.0. The lowest BCUT2D eigenvalue weighted by atomic mass is 9.87. The summed E-state index contributed by atoms with van der Waals surface area (Å²) in [6.07, 6.45) is 0. The highest BCUT2D eigenvalue weighted by Gasteiger charge is 2.15. The molecule has 0 atom stereocenters. The summed E-state index contributed by atoms with van der Waals surface area (Å²) >= 11 is 5.34. The largest absolute Gasteiger partial charge is 0.338 e. The number of fused-ring (bicyclic) bond motifs is 1. The van der Waals surface area contributed by atoms with E-state index in [1.54, 1.807) is 0 Å². The summed E-state index contributed by atoms with van der Waals surface area (Å²) in [6, 6.07) is 23.2. The first kappa shape index (κ1) is 20.8. The maximum atomic E-state index is 12.5. The first-order valence-corrected chi connectivity index (χ1v) is 10.5. The third kappa shape index (κ3) is 4.81. The first-order chi connectivity index (χ1) is 14.8. The van der Waals surface area contributed by atoms with Gasteiger partial charge in [-0.2, -0.15) is 0 Å². The van der Waals surface area contributed by atoms with E-state index in [2.05, 4.69) is 41.4 Å². The average Bonchev–Trinajstić information content (AvgIpc) is 3.18. The molecule has 0 saturated heterocycles. The SMILES string of the molecule is CC(C)(C)c1ccc(C(=O)NC(=S)Nc2cccc(-c3nc4ccccc4[nH]3)c2)cc1. The van der Waals surface area contributed by atoms with E-state index in [0.717, 1.165) is 28.1 Å². The van der Waals surface area contributed by atoms with Crippen molar-refractivity contribution in [2.75, 3.05) is 5.32 Å². The van der Waals surface area contributed by atoms with Crippen molar-refractivity contribution in [2.24, 2.45) is 0 Å². The van der Waals surface area contributed by atoms with Crippen LogP contribution in [0.25, 0.3) is 22.4 Å². The third-order valence-corrected chi connectivity index (χ3v) is 5.23. The number of hydrogen-bond donors (Lipinski definition) is 3. The van der Waals surface area contributed by atoms with Gasteiger partial charge in [-0.25, -0.2) is 4.98 Å². The van der Waals surface area contributed by atoms with Gasteiger partial charge in [-0.3, -0.25) is 10.1 Å². The number of carbonyl (C=O) groups excluding carboxylic acids is 1. The molecule has 0 radical (unpaired) electrons. The molecular weight excluding hydrogens is 404 g/mol. The fraction of sp³-hybridized carbons (Fsp3) is 0.160. The molecule has 0 aliphatic rings. The molecule has 156 valence electrons. The van der Waals surface area contributed by atoms with Gasteiger partial charge >= 0.3 is 0 Å². The Morgan fingerprint density at radius 3 is 2.42 bits per heavy atom. The quantitative estimate of drug-likeness (QED) is 0.369. The minimum atomic E-state index is -0.244. The van der Waals surface area contributed by atoms with E-state index in [4.69, 9.17) is 12.2 Å². The molecule has 0 unspecified atom stereocenters. The lowest BCUT2D eigenvalue weighted by Crippen LogP contribution is -2.34. The number of thiocarbonyl (C=S) groups is 1. The van der Waals surface area contributed by atoms with Crippen LogP contribution in [0.4, 0.5) is 5.69 Å². The number of amides is 1. The van der Waals surface area contributed by atoms with Gasteiger partial charge < -0.3 is 10.3 Å². The Balaban J connectivity index is 1.44. The van der Waals surface area contributed by atoms with E-state index in [1.807, 2.05) is 72.8 Å². The van der Waals surface area contributed by atoms with E-state index < -0.39 is 0 Å². The van der Waals surface area contributed by atoms with Crippen LogP contribution in [0.5, 0.6) is 0 Å². The van der Waals surface area contributed by atoms with Crippen molar-refractivity contribution in [3.63, 3.8) is 0 Å². The van der Waals surface area contributed by atoms with E-state index in [0.29, 0.717) is 5.56 Å². The Kier molecular flexibility index (Phi) is 5.57. The molecule has 0 fully saturated rings. The molecule has 31 heavy (non-hydrogen) atoms. The second-order valence-electron chi connectivity index (χ2n) is 8.42. The predicted molar refractivity (Wildman–Crippen MR) is 130 cm³/mol. The molecule has 0 bridgehead atoms. The third-order valence-electron chi connectivity index (χ3n) is 5.02. The van der Waals surface area contributed by atoms with E-state index in [-0.39, 0.29) is 16.4 Å². The van der Waals surface area contributed by atoms with Gasteiger partial charge in [0.2, 0.25) is 0 Å². The Labute approximate surface area is 186 Å². The molecule has 0 aliphatic heterocycles. The standard InChI is InChI=1S/C25H24N4OS/c1-25(2,3)18-13-11-16(12-14-18)23(30)29-24(31)26-19-8-6-7-17(15-19)22-27-20-9-4-5-10-21(20)28-22/h4-15H,1-3H3,(H,27,28)(H2,26,29,30,31). The van der Waals surface area contributed by atoms with Crippen molar-refractivity contribution in [1.82, 2.24) is 15.3 Å². The predicted octanol–water partition coefficient (Wildman–Crippen LogP) is 5.65. The Morgan fingerprint density at radius 2 is 1.71 bits per heavy atom. The number of benzene rings is 3. The highest BCUT2D eigenvalue weighted by Crippen LogP contribution is 2.24. The van der Waals surface area contributed by atoms with Crippen molar-refractivity contribution in [3.8, 4) is 11.4 Å². The Hall–Kier alpha value is -3.51. The monoisotopic (exact) mass is 428 g/mol. The molecule has 1 amide bonds. The highest BCUT2D eigenvalue weighted by atomic mass is 32.1. The number of anilines is 1. The van der Waals surface area contributed by atoms with Crippen molar-refractivity contribution < 1.29 is 4.79 Å². The lowest BCUT2D eigenvalue weighted by Gasteiger charge is -2.19. The van der Waals surface area contributed by atoms with E-state index in [1.165, 1.54) is 5.56 Å². The average molecular weight is 429 g/mol. The number of aromatic amines is 1. The van der Waals surface area contributed by atoms with Crippen LogP contribution in [0.3, 0.4) is 0 Å². The number of hydrogen-bond acceptors (Lipinski definition) is 3. The minimum absolute atomic E-state index is 0.0384. The second kappa shape index (κ2) is 8.32. The van der Waals surface area contributed by atoms with Crippen LogP contribution in [0.2, 0.25) is 0 Å². The van der Waals surface area contributed by atoms with Crippen LogP contribution in [0, 0.1) is 0 Å². The summed E-state index contributed by atoms with van der Waals surface area (Å²) in [5.74, 6) is 0.533. The summed E-state index contributed by atoms with van der Waals surface area (Å²) in [5.41, 5.74) is 5.36.